The molecule has 0 saturated carbocycles. The third-order valence-electron chi connectivity index (χ3n) is 4.78. The van der Waals surface area contributed by atoms with Gasteiger partial charge in [-0.3, -0.25) is 9.78 Å². The van der Waals surface area contributed by atoms with Gasteiger partial charge in [0.1, 0.15) is 0 Å². The predicted octanol–water partition coefficient (Wildman–Crippen LogP) is 5.87. The third-order valence-corrected chi connectivity index (χ3v) is 4.78. The van der Waals surface area contributed by atoms with Crippen LogP contribution in [0.15, 0.2) is 91.3 Å². The molecule has 0 bridgehead atoms. The standard InChI is InChI=1S/C25H20N2O/c1-17(28)24-11-10-20(19-8-5-9-23(26)13-19)14-25(24)22-12-21(15-27-16-22)18-6-3-2-4-7-18/h2-16H,26H2,1H3. The highest BCUT2D eigenvalue weighted by Gasteiger charge is 2.13. The van der Waals surface area contributed by atoms with E-state index in [4.69, 9.17) is 5.73 Å². The molecule has 0 fully saturated rings. The van der Waals surface area contributed by atoms with Gasteiger partial charge >= 0.3 is 0 Å². The lowest BCUT2D eigenvalue weighted by Gasteiger charge is -2.12. The minimum Gasteiger partial charge on any atom is -0.399 e. The molecule has 4 aromatic rings. The molecule has 0 amide bonds. The number of hydrogen-bond donors (Lipinski definition) is 1. The molecule has 4 rings (SSSR count). The summed E-state index contributed by atoms with van der Waals surface area (Å²) >= 11 is 0. The third kappa shape index (κ3) is 3.55. The summed E-state index contributed by atoms with van der Waals surface area (Å²) in [6.45, 7) is 1.59. The highest BCUT2D eigenvalue weighted by Crippen LogP contribution is 2.32. The first-order chi connectivity index (χ1) is 13.6. The van der Waals surface area contributed by atoms with Crippen LogP contribution < -0.4 is 5.73 Å². The topological polar surface area (TPSA) is 56.0 Å². The first-order valence-corrected chi connectivity index (χ1v) is 9.13. The maximum atomic E-state index is 12.3. The lowest BCUT2D eigenvalue weighted by Crippen LogP contribution is -1.97. The molecule has 1 aromatic heterocycles. The lowest BCUT2D eigenvalue weighted by atomic mass is 9.92. The van der Waals surface area contributed by atoms with Crippen molar-refractivity contribution in [3.8, 4) is 33.4 Å². The predicted molar refractivity (Wildman–Crippen MR) is 115 cm³/mol. The largest absolute Gasteiger partial charge is 0.399 e. The molecule has 0 aliphatic heterocycles. The van der Waals surface area contributed by atoms with Crippen molar-refractivity contribution in [3.63, 3.8) is 0 Å². The van der Waals surface area contributed by atoms with E-state index in [0.29, 0.717) is 11.3 Å². The van der Waals surface area contributed by atoms with E-state index in [0.717, 1.165) is 33.4 Å². The molecule has 1 heterocycles. The molecule has 0 radical (unpaired) electrons. The van der Waals surface area contributed by atoms with Crippen molar-refractivity contribution in [1.82, 2.24) is 4.98 Å². The molecular formula is C25H20N2O. The summed E-state index contributed by atoms with van der Waals surface area (Å²) in [4.78, 5) is 16.7. The van der Waals surface area contributed by atoms with Crippen molar-refractivity contribution in [1.29, 1.82) is 0 Å². The average Bonchev–Trinajstić information content (AvgIpc) is 2.74. The Morgan fingerprint density at radius 2 is 1.43 bits per heavy atom. The summed E-state index contributed by atoms with van der Waals surface area (Å²) in [6, 6.07) is 25.8. The molecule has 0 aliphatic rings. The zero-order chi connectivity index (χ0) is 19.5. The number of nitrogens with zero attached hydrogens (tertiary/aromatic N) is 1. The van der Waals surface area contributed by atoms with Gasteiger partial charge in [0.2, 0.25) is 0 Å². The second-order valence-corrected chi connectivity index (χ2v) is 6.77. The van der Waals surface area contributed by atoms with Crippen LogP contribution in [0.2, 0.25) is 0 Å². The fourth-order valence-corrected chi connectivity index (χ4v) is 3.36. The molecule has 0 spiro atoms. The second-order valence-electron chi connectivity index (χ2n) is 6.77. The van der Waals surface area contributed by atoms with Crippen LogP contribution in [0, 0.1) is 0 Å². The molecule has 3 aromatic carbocycles. The number of carbonyl (C=O) groups excluding carboxylic acids is 1. The van der Waals surface area contributed by atoms with Crippen molar-refractivity contribution in [2.75, 3.05) is 5.73 Å². The van der Waals surface area contributed by atoms with Crippen LogP contribution >= 0.6 is 0 Å². The van der Waals surface area contributed by atoms with E-state index in [9.17, 15) is 4.79 Å². The Bertz CT molecular complexity index is 1150. The highest BCUT2D eigenvalue weighted by molar-refractivity contribution is 6.02. The summed E-state index contributed by atoms with van der Waals surface area (Å²) in [5, 5.41) is 0. The van der Waals surface area contributed by atoms with E-state index in [1.54, 1.807) is 13.1 Å². The second kappa shape index (κ2) is 7.49. The Labute approximate surface area is 164 Å². The summed E-state index contributed by atoms with van der Waals surface area (Å²) in [5.74, 6) is 0.0271. The Morgan fingerprint density at radius 3 is 2.18 bits per heavy atom. The van der Waals surface area contributed by atoms with Crippen LogP contribution in [0.3, 0.4) is 0 Å². The van der Waals surface area contributed by atoms with E-state index in [1.165, 1.54) is 0 Å². The summed E-state index contributed by atoms with van der Waals surface area (Å²) in [6.07, 6.45) is 3.64. The van der Waals surface area contributed by atoms with Gasteiger partial charge in [-0.1, -0.05) is 54.6 Å². The number of Topliss-reactive ketones (excluding diaryl/α,β-unsaturated/α-hetero) is 1. The minimum absolute atomic E-state index is 0.0271. The van der Waals surface area contributed by atoms with Gasteiger partial charge in [0.25, 0.3) is 0 Å². The van der Waals surface area contributed by atoms with Gasteiger partial charge in [0.05, 0.1) is 0 Å². The van der Waals surface area contributed by atoms with Gasteiger partial charge in [-0.2, -0.15) is 0 Å². The highest BCUT2D eigenvalue weighted by atomic mass is 16.1. The van der Waals surface area contributed by atoms with Crippen molar-refractivity contribution in [2.24, 2.45) is 0 Å². The number of pyridine rings is 1. The molecule has 28 heavy (non-hydrogen) atoms. The minimum atomic E-state index is 0.0271. The first kappa shape index (κ1) is 17.7. The average molecular weight is 364 g/mol. The Morgan fingerprint density at radius 1 is 0.714 bits per heavy atom. The molecular weight excluding hydrogens is 344 g/mol. The van der Waals surface area contributed by atoms with Crippen molar-refractivity contribution >= 4 is 11.5 Å². The number of nitrogens with two attached hydrogens (primary N) is 1. The summed E-state index contributed by atoms with van der Waals surface area (Å²) < 4.78 is 0. The smallest absolute Gasteiger partial charge is 0.160 e. The molecule has 3 nitrogen and oxygen atoms in total. The number of aromatic nitrogens is 1. The fraction of sp³-hybridized carbons (Fsp3) is 0.0400. The molecule has 0 atom stereocenters. The van der Waals surface area contributed by atoms with E-state index >= 15 is 0 Å². The molecule has 0 unspecified atom stereocenters. The van der Waals surface area contributed by atoms with Gasteiger partial charge in [-0.25, -0.2) is 0 Å². The van der Waals surface area contributed by atoms with Crippen LogP contribution in [0.1, 0.15) is 17.3 Å². The van der Waals surface area contributed by atoms with Gasteiger partial charge in [0.15, 0.2) is 5.78 Å². The normalized spacial score (nSPS) is 10.6. The number of rotatable bonds is 4. The summed E-state index contributed by atoms with van der Waals surface area (Å²) in [7, 11) is 0. The fourth-order valence-electron chi connectivity index (χ4n) is 3.36. The monoisotopic (exact) mass is 364 g/mol. The van der Waals surface area contributed by atoms with Crippen LogP contribution in [-0.2, 0) is 0 Å². The van der Waals surface area contributed by atoms with E-state index < -0.39 is 0 Å². The quantitative estimate of drug-likeness (QED) is 0.364. The zero-order valence-corrected chi connectivity index (χ0v) is 15.6. The van der Waals surface area contributed by atoms with E-state index in [1.807, 2.05) is 66.9 Å². The maximum Gasteiger partial charge on any atom is 0.160 e. The van der Waals surface area contributed by atoms with Crippen molar-refractivity contribution in [3.05, 3.63) is 96.8 Å². The Kier molecular flexibility index (Phi) is 4.73. The van der Waals surface area contributed by atoms with Crippen LogP contribution in [0.4, 0.5) is 5.69 Å². The Balaban J connectivity index is 1.86. The SMILES string of the molecule is CC(=O)c1ccc(-c2cccc(N)c2)cc1-c1cncc(-c2ccccc2)c1. The lowest BCUT2D eigenvalue weighted by molar-refractivity contribution is 0.101. The van der Waals surface area contributed by atoms with Crippen LogP contribution in [0.25, 0.3) is 33.4 Å². The van der Waals surface area contributed by atoms with Gasteiger partial charge < -0.3 is 5.73 Å². The van der Waals surface area contributed by atoms with Crippen molar-refractivity contribution < 1.29 is 4.79 Å². The number of ketones is 1. The number of benzene rings is 3. The number of hydrogen-bond acceptors (Lipinski definition) is 3. The van der Waals surface area contributed by atoms with Crippen LogP contribution in [0.5, 0.6) is 0 Å². The number of carbonyl (C=O) groups is 1. The molecule has 3 heteroatoms. The van der Waals surface area contributed by atoms with Gasteiger partial charge in [0, 0.05) is 34.8 Å². The van der Waals surface area contributed by atoms with Crippen LogP contribution in [-0.4, -0.2) is 10.8 Å². The summed E-state index contributed by atoms with van der Waals surface area (Å²) in [5.41, 5.74) is 13.3. The number of nitrogen functional groups attached to an aromatic ring is 1. The number of anilines is 1. The maximum absolute atomic E-state index is 12.3. The molecule has 0 aliphatic carbocycles. The van der Waals surface area contributed by atoms with Gasteiger partial charge in [-0.05, 0) is 53.4 Å². The van der Waals surface area contributed by atoms with Crippen molar-refractivity contribution in [2.45, 2.75) is 6.92 Å². The molecule has 136 valence electrons. The Hall–Kier alpha value is -3.72. The van der Waals surface area contributed by atoms with E-state index in [-0.39, 0.29) is 5.78 Å². The van der Waals surface area contributed by atoms with Gasteiger partial charge in [-0.15, -0.1) is 0 Å². The first-order valence-electron chi connectivity index (χ1n) is 9.13. The van der Waals surface area contributed by atoms with E-state index in [2.05, 4.69) is 23.2 Å². The molecule has 0 saturated heterocycles. The zero-order valence-electron chi connectivity index (χ0n) is 15.6. The molecule has 2 N–H and O–H groups in total.